The van der Waals surface area contributed by atoms with Crippen molar-refractivity contribution in [1.82, 2.24) is 0 Å². The van der Waals surface area contributed by atoms with Gasteiger partial charge in [0.05, 0.1) is 0 Å². The van der Waals surface area contributed by atoms with Crippen LogP contribution in [-0.2, 0) is 3.42 Å². The van der Waals surface area contributed by atoms with Crippen molar-refractivity contribution in [2.24, 2.45) is 0 Å². The van der Waals surface area contributed by atoms with Gasteiger partial charge in [0.15, 0.2) is 5.78 Å². The molecular formula is C25H25IO. The van der Waals surface area contributed by atoms with Crippen molar-refractivity contribution < 1.29 is 4.79 Å². The molecule has 0 N–H and O–H groups in total. The van der Waals surface area contributed by atoms with Crippen molar-refractivity contribution in [3.8, 4) is 11.1 Å². The molecule has 0 aromatic heterocycles. The number of benzene rings is 2. The lowest BCUT2D eigenvalue weighted by atomic mass is 9.90. The number of ketones is 1. The van der Waals surface area contributed by atoms with Crippen LogP contribution < -0.4 is 0 Å². The summed E-state index contributed by atoms with van der Waals surface area (Å²) in [7, 11) is 0. The lowest BCUT2D eigenvalue weighted by Gasteiger charge is -2.18. The fourth-order valence-corrected chi connectivity index (χ4v) is 3.64. The molecule has 0 fully saturated rings. The number of hydrogen-bond donors (Lipinski definition) is 0. The van der Waals surface area contributed by atoms with Crippen LogP contribution in [0.4, 0.5) is 0 Å². The molecule has 0 radical (unpaired) electrons. The van der Waals surface area contributed by atoms with Gasteiger partial charge in [-0.1, -0.05) is 89.4 Å². The van der Waals surface area contributed by atoms with Crippen LogP contribution in [-0.4, -0.2) is 5.78 Å². The molecule has 3 rings (SSSR count). The third-order valence-corrected chi connectivity index (χ3v) is 5.60. The van der Waals surface area contributed by atoms with E-state index in [1.54, 1.807) is 0 Å². The highest BCUT2D eigenvalue weighted by Crippen LogP contribution is 2.33. The van der Waals surface area contributed by atoms with Gasteiger partial charge in [-0.25, -0.2) is 0 Å². The summed E-state index contributed by atoms with van der Waals surface area (Å²) in [5, 5.41) is 0. The van der Waals surface area contributed by atoms with Crippen LogP contribution in [0.1, 0.15) is 49.5 Å². The van der Waals surface area contributed by atoms with Gasteiger partial charge in [0.2, 0.25) is 0 Å². The molecule has 0 saturated heterocycles. The summed E-state index contributed by atoms with van der Waals surface area (Å²) in [6.07, 6.45) is 6.14. The van der Waals surface area contributed by atoms with Crippen molar-refractivity contribution >= 4 is 28.4 Å². The second kappa shape index (κ2) is 7.97. The molecule has 0 amide bonds. The van der Waals surface area contributed by atoms with Gasteiger partial charge in [0, 0.05) is 14.6 Å². The number of carbonyl (C=O) groups is 1. The fourth-order valence-electron chi connectivity index (χ4n) is 3.30. The molecule has 0 heterocycles. The zero-order valence-corrected chi connectivity index (χ0v) is 18.3. The van der Waals surface area contributed by atoms with E-state index in [1.165, 1.54) is 16.7 Å². The number of alkyl halides is 1. The molecule has 1 aliphatic carbocycles. The van der Waals surface area contributed by atoms with E-state index in [-0.39, 0.29) is 9.20 Å². The van der Waals surface area contributed by atoms with Gasteiger partial charge >= 0.3 is 0 Å². The molecule has 1 aliphatic rings. The number of rotatable bonds is 5. The van der Waals surface area contributed by atoms with Crippen molar-refractivity contribution in [3.05, 3.63) is 95.1 Å². The number of halogens is 1. The zero-order chi connectivity index (χ0) is 19.6. The monoisotopic (exact) mass is 468 g/mol. The standard InChI is InChI=1S/C25H25IO/c1-17-7-5-8-21(15-17)18(2)24(27)20-13-11-19(12-14-20)22-9-6-10-23(16-22)25(3,4)26/h6-7,9-16H,2,5,8H2,1,3-4H3. The van der Waals surface area contributed by atoms with E-state index in [0.29, 0.717) is 11.1 Å². The van der Waals surface area contributed by atoms with Crippen molar-refractivity contribution in [1.29, 1.82) is 0 Å². The third kappa shape index (κ3) is 4.67. The predicted octanol–water partition coefficient (Wildman–Crippen LogP) is 7.43. The van der Waals surface area contributed by atoms with Crippen LogP contribution in [0.2, 0.25) is 0 Å². The van der Waals surface area contributed by atoms with E-state index in [4.69, 9.17) is 0 Å². The number of Topliss-reactive ketones (excluding diaryl/α,β-unsaturated/α-hetero) is 1. The molecule has 138 valence electrons. The minimum absolute atomic E-state index is 0.0182. The van der Waals surface area contributed by atoms with E-state index in [0.717, 1.165) is 24.0 Å². The fraction of sp³-hybridized carbons (Fsp3) is 0.240. The maximum absolute atomic E-state index is 12.8. The first-order valence-corrected chi connectivity index (χ1v) is 10.3. The van der Waals surface area contributed by atoms with E-state index < -0.39 is 0 Å². The topological polar surface area (TPSA) is 17.1 Å². The summed E-state index contributed by atoms with van der Waals surface area (Å²) in [6.45, 7) is 10.5. The van der Waals surface area contributed by atoms with Gasteiger partial charge in [-0.15, -0.1) is 0 Å². The maximum Gasteiger partial charge on any atom is 0.192 e. The first-order valence-electron chi connectivity index (χ1n) is 9.27. The van der Waals surface area contributed by atoms with Crippen LogP contribution in [0.5, 0.6) is 0 Å². The van der Waals surface area contributed by atoms with E-state index in [9.17, 15) is 4.79 Å². The predicted molar refractivity (Wildman–Crippen MR) is 123 cm³/mol. The molecule has 2 aromatic rings. The SMILES string of the molecule is C=C(C(=O)c1ccc(-c2cccc(C(C)(C)I)c2)cc1)C1=CC(C)=CCC1. The largest absolute Gasteiger partial charge is 0.289 e. The van der Waals surface area contributed by atoms with E-state index >= 15 is 0 Å². The summed E-state index contributed by atoms with van der Waals surface area (Å²) in [4.78, 5) is 12.8. The van der Waals surface area contributed by atoms with Gasteiger partial charge in [0.1, 0.15) is 0 Å². The van der Waals surface area contributed by atoms with Crippen molar-refractivity contribution in [2.45, 2.75) is 37.0 Å². The molecule has 2 heteroatoms. The number of hydrogen-bond acceptors (Lipinski definition) is 1. The third-order valence-electron chi connectivity index (χ3n) is 4.97. The first kappa shape index (κ1) is 19.8. The summed E-state index contributed by atoms with van der Waals surface area (Å²) < 4.78 is 0.0850. The molecule has 0 bridgehead atoms. The quantitative estimate of drug-likeness (QED) is 0.193. The maximum atomic E-state index is 12.8. The normalized spacial score (nSPS) is 14.4. The summed E-state index contributed by atoms with van der Waals surface area (Å²) in [5.41, 5.74) is 7.16. The number of allylic oxidation sites excluding steroid dienone is 5. The Kier molecular flexibility index (Phi) is 5.85. The minimum Gasteiger partial charge on any atom is -0.289 e. The highest BCUT2D eigenvalue weighted by molar-refractivity contribution is 14.1. The molecule has 0 unspecified atom stereocenters. The molecule has 27 heavy (non-hydrogen) atoms. The molecule has 2 aromatic carbocycles. The first-order chi connectivity index (χ1) is 12.8. The molecule has 0 atom stereocenters. The van der Waals surface area contributed by atoms with Crippen LogP contribution in [0, 0.1) is 0 Å². The molecular weight excluding hydrogens is 443 g/mol. The van der Waals surface area contributed by atoms with E-state index in [1.807, 2.05) is 24.3 Å². The van der Waals surface area contributed by atoms with Gasteiger partial charge in [-0.05, 0) is 61.9 Å². The Hall–Kier alpha value is -1.94. The van der Waals surface area contributed by atoms with Crippen molar-refractivity contribution in [3.63, 3.8) is 0 Å². The zero-order valence-electron chi connectivity index (χ0n) is 16.2. The highest BCUT2D eigenvalue weighted by Gasteiger charge is 2.17. The van der Waals surface area contributed by atoms with Gasteiger partial charge in [-0.3, -0.25) is 4.79 Å². The van der Waals surface area contributed by atoms with Crippen molar-refractivity contribution in [2.75, 3.05) is 0 Å². The summed E-state index contributed by atoms with van der Waals surface area (Å²) in [6, 6.07) is 16.5. The second-order valence-corrected chi connectivity index (χ2v) is 10.3. The Morgan fingerprint density at radius 1 is 1.07 bits per heavy atom. The van der Waals surface area contributed by atoms with Crippen LogP contribution in [0.3, 0.4) is 0 Å². The molecule has 0 saturated carbocycles. The van der Waals surface area contributed by atoms with Crippen LogP contribution in [0.15, 0.2) is 84.0 Å². The average Bonchev–Trinajstić information content (AvgIpc) is 2.66. The van der Waals surface area contributed by atoms with Crippen LogP contribution >= 0.6 is 22.6 Å². The number of carbonyl (C=O) groups excluding carboxylic acids is 1. The van der Waals surface area contributed by atoms with E-state index in [2.05, 4.69) is 86.4 Å². The Labute approximate surface area is 176 Å². The molecule has 0 aliphatic heterocycles. The molecule has 1 nitrogen and oxygen atoms in total. The second-order valence-electron chi connectivity index (χ2n) is 7.59. The smallest absolute Gasteiger partial charge is 0.192 e. The lowest BCUT2D eigenvalue weighted by molar-refractivity contribution is 0.103. The Morgan fingerprint density at radius 3 is 2.41 bits per heavy atom. The lowest BCUT2D eigenvalue weighted by Crippen LogP contribution is -2.07. The molecule has 0 spiro atoms. The van der Waals surface area contributed by atoms with Gasteiger partial charge in [0.25, 0.3) is 0 Å². The van der Waals surface area contributed by atoms with Gasteiger partial charge in [-0.2, -0.15) is 0 Å². The average molecular weight is 468 g/mol. The Morgan fingerprint density at radius 2 is 1.78 bits per heavy atom. The summed E-state index contributed by atoms with van der Waals surface area (Å²) >= 11 is 2.46. The van der Waals surface area contributed by atoms with Crippen LogP contribution in [0.25, 0.3) is 11.1 Å². The summed E-state index contributed by atoms with van der Waals surface area (Å²) in [5.74, 6) is 0.0182. The minimum atomic E-state index is 0.0182. The Balaban J connectivity index is 1.82. The highest BCUT2D eigenvalue weighted by atomic mass is 127. The van der Waals surface area contributed by atoms with Gasteiger partial charge < -0.3 is 0 Å². The Bertz CT molecular complexity index is 937.